The summed E-state index contributed by atoms with van der Waals surface area (Å²) < 4.78 is 7.88. The van der Waals surface area contributed by atoms with Crippen LogP contribution in [0.2, 0.25) is 0 Å². The molecule has 0 aliphatic carbocycles. The number of hydrogen-bond acceptors (Lipinski definition) is 4. The largest absolute Gasteiger partial charge is 0.354 e. The Morgan fingerprint density at radius 3 is 2.35 bits per heavy atom. The van der Waals surface area contributed by atoms with E-state index in [-0.39, 0.29) is 28.4 Å². The van der Waals surface area contributed by atoms with E-state index in [0.717, 1.165) is 13.1 Å². The molecule has 1 fully saturated rings. The van der Waals surface area contributed by atoms with E-state index < -0.39 is 0 Å². The van der Waals surface area contributed by atoms with E-state index >= 15 is 0 Å². The predicted octanol–water partition coefficient (Wildman–Crippen LogP) is 5.97. The number of thiophene rings is 1. The van der Waals surface area contributed by atoms with Crippen LogP contribution in [0.15, 0.2) is 14.3 Å². The molecule has 23 heavy (non-hydrogen) atoms. The van der Waals surface area contributed by atoms with E-state index in [1.54, 1.807) is 0 Å². The standard InChI is InChI=1S/C16H23Br2NO2S2/c1-8(2)14-19(13(20)11-7-10(17)12(18)22-11)15(21-9(3)4)16(5,6)23-14/h7-9,14-15H,1-6H3. The third-order valence-corrected chi connectivity index (χ3v) is 8.67. The number of thioether (sulfide) groups is 1. The number of carbonyl (C=O) groups is 1. The Balaban J connectivity index is 2.41. The zero-order valence-electron chi connectivity index (χ0n) is 14.2. The maximum absolute atomic E-state index is 13.2. The molecule has 2 unspecified atom stereocenters. The molecule has 130 valence electrons. The SMILES string of the molecule is CC(C)OC1N(C(=O)c2cc(Br)c(Br)s2)C(C(C)C)SC1(C)C. The van der Waals surface area contributed by atoms with E-state index in [2.05, 4.69) is 59.6 Å². The van der Waals surface area contributed by atoms with Crippen LogP contribution in [-0.2, 0) is 4.74 Å². The van der Waals surface area contributed by atoms with Crippen LogP contribution in [0, 0.1) is 5.92 Å². The van der Waals surface area contributed by atoms with Gasteiger partial charge in [0.25, 0.3) is 5.91 Å². The molecule has 2 heterocycles. The molecule has 3 nitrogen and oxygen atoms in total. The molecule has 2 rings (SSSR count). The van der Waals surface area contributed by atoms with Crippen LogP contribution in [0.25, 0.3) is 0 Å². The van der Waals surface area contributed by atoms with Crippen LogP contribution in [-0.4, -0.2) is 33.3 Å². The van der Waals surface area contributed by atoms with Gasteiger partial charge in [-0.1, -0.05) is 13.8 Å². The Morgan fingerprint density at radius 2 is 1.91 bits per heavy atom. The number of rotatable bonds is 4. The number of carbonyl (C=O) groups excluding carboxylic acids is 1. The summed E-state index contributed by atoms with van der Waals surface area (Å²) in [6.07, 6.45) is -0.157. The van der Waals surface area contributed by atoms with Crippen LogP contribution < -0.4 is 0 Å². The monoisotopic (exact) mass is 483 g/mol. The third kappa shape index (κ3) is 4.17. The fourth-order valence-corrected chi connectivity index (χ4v) is 6.12. The molecule has 0 radical (unpaired) electrons. The maximum Gasteiger partial charge on any atom is 0.266 e. The van der Waals surface area contributed by atoms with Gasteiger partial charge in [0.1, 0.15) is 6.23 Å². The first kappa shape index (κ1) is 19.8. The van der Waals surface area contributed by atoms with E-state index in [9.17, 15) is 4.79 Å². The molecule has 7 heteroatoms. The summed E-state index contributed by atoms with van der Waals surface area (Å²) in [5.74, 6) is 0.402. The molecule has 1 amide bonds. The van der Waals surface area contributed by atoms with Gasteiger partial charge in [-0.2, -0.15) is 0 Å². The normalized spacial score (nSPS) is 24.0. The molecule has 1 saturated heterocycles. The molecule has 0 aromatic carbocycles. The summed E-state index contributed by atoms with van der Waals surface area (Å²) in [6, 6.07) is 1.89. The first-order chi connectivity index (χ1) is 10.5. The van der Waals surface area contributed by atoms with Crippen molar-refractivity contribution >= 4 is 60.9 Å². The molecular weight excluding hydrogens is 462 g/mol. The van der Waals surface area contributed by atoms with Crippen molar-refractivity contribution in [1.82, 2.24) is 4.90 Å². The minimum atomic E-state index is -0.230. The molecule has 0 bridgehead atoms. The van der Waals surface area contributed by atoms with Crippen LogP contribution >= 0.6 is 55.0 Å². The predicted molar refractivity (Wildman–Crippen MR) is 106 cm³/mol. The van der Waals surface area contributed by atoms with Gasteiger partial charge in [0, 0.05) is 4.47 Å². The van der Waals surface area contributed by atoms with Gasteiger partial charge < -0.3 is 4.74 Å². The van der Waals surface area contributed by atoms with Gasteiger partial charge in [0.15, 0.2) is 0 Å². The van der Waals surface area contributed by atoms with Gasteiger partial charge in [-0.3, -0.25) is 9.69 Å². The van der Waals surface area contributed by atoms with Crippen LogP contribution in [0.1, 0.15) is 51.2 Å². The van der Waals surface area contributed by atoms with E-state index in [0.29, 0.717) is 5.92 Å². The Bertz CT molecular complexity index is 567. The number of amides is 1. The molecule has 1 aromatic heterocycles. The van der Waals surface area contributed by atoms with E-state index in [4.69, 9.17) is 4.74 Å². The lowest BCUT2D eigenvalue weighted by Crippen LogP contribution is -2.49. The first-order valence-electron chi connectivity index (χ1n) is 7.65. The van der Waals surface area contributed by atoms with Crippen LogP contribution in [0.4, 0.5) is 0 Å². The van der Waals surface area contributed by atoms with Crippen molar-refractivity contribution in [2.75, 3.05) is 0 Å². The topological polar surface area (TPSA) is 29.5 Å². The zero-order chi connectivity index (χ0) is 17.5. The number of hydrogen-bond donors (Lipinski definition) is 0. The Kier molecular flexibility index (Phi) is 6.32. The quantitative estimate of drug-likeness (QED) is 0.526. The summed E-state index contributed by atoms with van der Waals surface area (Å²) in [5, 5.41) is 0.112. The summed E-state index contributed by atoms with van der Waals surface area (Å²) in [7, 11) is 0. The lowest BCUT2D eigenvalue weighted by atomic mass is 10.1. The highest BCUT2D eigenvalue weighted by Gasteiger charge is 2.51. The molecule has 0 spiro atoms. The third-order valence-electron chi connectivity index (χ3n) is 3.61. The van der Waals surface area contributed by atoms with Crippen molar-refractivity contribution in [3.8, 4) is 0 Å². The maximum atomic E-state index is 13.2. The second-order valence-corrected chi connectivity index (χ2v) is 11.8. The van der Waals surface area contributed by atoms with Gasteiger partial charge in [-0.05, 0) is 71.5 Å². The summed E-state index contributed by atoms with van der Waals surface area (Å²) in [5.41, 5.74) is 0. The smallest absolute Gasteiger partial charge is 0.266 e. The number of halogens is 2. The highest BCUT2D eigenvalue weighted by molar-refractivity contribution is 9.13. The minimum absolute atomic E-state index is 0.0452. The average molecular weight is 485 g/mol. The summed E-state index contributed by atoms with van der Waals surface area (Å²) in [6.45, 7) is 12.7. The lowest BCUT2D eigenvalue weighted by molar-refractivity contribution is -0.0848. The molecule has 0 saturated carbocycles. The van der Waals surface area contributed by atoms with Crippen LogP contribution in [0.3, 0.4) is 0 Å². The lowest BCUT2D eigenvalue weighted by Gasteiger charge is -2.34. The molecule has 0 N–H and O–H groups in total. The molecule has 2 atom stereocenters. The van der Waals surface area contributed by atoms with Gasteiger partial charge in [0.2, 0.25) is 0 Å². The molecule has 1 aromatic rings. The van der Waals surface area contributed by atoms with Crippen LogP contribution in [0.5, 0.6) is 0 Å². The minimum Gasteiger partial charge on any atom is -0.354 e. The van der Waals surface area contributed by atoms with Gasteiger partial charge in [-0.15, -0.1) is 23.1 Å². The highest BCUT2D eigenvalue weighted by Crippen LogP contribution is 2.49. The van der Waals surface area contributed by atoms with Gasteiger partial charge in [-0.25, -0.2) is 0 Å². The van der Waals surface area contributed by atoms with Crippen molar-refractivity contribution in [3.05, 3.63) is 19.2 Å². The molecule has 1 aliphatic heterocycles. The van der Waals surface area contributed by atoms with Crippen molar-refractivity contribution in [3.63, 3.8) is 0 Å². The zero-order valence-corrected chi connectivity index (χ0v) is 19.0. The van der Waals surface area contributed by atoms with Crippen molar-refractivity contribution in [1.29, 1.82) is 0 Å². The first-order valence-corrected chi connectivity index (χ1v) is 10.9. The number of nitrogens with zero attached hydrogens (tertiary/aromatic N) is 1. The van der Waals surface area contributed by atoms with Crippen molar-refractivity contribution in [2.45, 2.75) is 64.0 Å². The van der Waals surface area contributed by atoms with Gasteiger partial charge in [0.05, 0.1) is 24.9 Å². The highest BCUT2D eigenvalue weighted by atomic mass is 79.9. The van der Waals surface area contributed by atoms with Crippen molar-refractivity contribution < 1.29 is 9.53 Å². The fourth-order valence-electron chi connectivity index (χ4n) is 2.64. The Labute approximate surface area is 163 Å². The Hall–Kier alpha value is 0.440. The fraction of sp³-hybridized carbons (Fsp3) is 0.688. The second-order valence-electron chi connectivity index (χ2n) is 6.84. The van der Waals surface area contributed by atoms with Gasteiger partial charge >= 0.3 is 0 Å². The molecule has 1 aliphatic rings. The van der Waals surface area contributed by atoms with E-state index in [1.165, 1.54) is 11.3 Å². The summed E-state index contributed by atoms with van der Waals surface area (Å²) >= 11 is 10.2. The average Bonchev–Trinajstić information content (AvgIpc) is 2.88. The van der Waals surface area contributed by atoms with E-state index in [1.807, 2.05) is 36.6 Å². The summed E-state index contributed by atoms with van der Waals surface area (Å²) in [4.78, 5) is 15.9. The molecular formula is C16H23Br2NO2S2. The number of ether oxygens (including phenoxy) is 1. The van der Waals surface area contributed by atoms with Crippen molar-refractivity contribution in [2.24, 2.45) is 5.92 Å². The second kappa shape index (κ2) is 7.36. The Morgan fingerprint density at radius 1 is 1.30 bits per heavy atom.